The van der Waals surface area contributed by atoms with Gasteiger partial charge in [-0.3, -0.25) is 0 Å². The summed E-state index contributed by atoms with van der Waals surface area (Å²) >= 11 is 6.26. The van der Waals surface area contributed by atoms with Crippen LogP contribution in [0.1, 0.15) is 41.9 Å². The number of rotatable bonds is 3. The molecule has 0 radical (unpaired) electrons. The number of carboxylic acid groups (broad SMARTS) is 1. The van der Waals surface area contributed by atoms with Crippen molar-refractivity contribution in [1.29, 1.82) is 0 Å². The van der Waals surface area contributed by atoms with Crippen molar-refractivity contribution < 1.29 is 9.90 Å². The molecule has 7 heteroatoms. The van der Waals surface area contributed by atoms with E-state index in [-0.39, 0.29) is 10.6 Å². The molecule has 1 saturated heterocycles. The van der Waals surface area contributed by atoms with Gasteiger partial charge in [-0.1, -0.05) is 18.5 Å². The van der Waals surface area contributed by atoms with Gasteiger partial charge in [-0.25, -0.2) is 14.5 Å². The van der Waals surface area contributed by atoms with Gasteiger partial charge in [0.15, 0.2) is 5.65 Å². The normalized spacial score (nSPS) is 17.2. The third-order valence-electron chi connectivity index (χ3n) is 4.41. The van der Waals surface area contributed by atoms with Crippen molar-refractivity contribution in [2.75, 3.05) is 19.6 Å². The molecule has 0 bridgehead atoms. The molecule has 3 rings (SSSR count). The Morgan fingerprint density at radius 3 is 2.73 bits per heavy atom. The number of carbonyl (C=O) groups is 1. The van der Waals surface area contributed by atoms with Crippen LogP contribution in [0, 0.1) is 6.92 Å². The molecule has 0 unspecified atom stereocenters. The van der Waals surface area contributed by atoms with Gasteiger partial charge in [-0.15, -0.1) is 0 Å². The molecular formula is C15H19ClN4O2. The van der Waals surface area contributed by atoms with E-state index in [0.29, 0.717) is 17.1 Å². The highest BCUT2D eigenvalue weighted by atomic mass is 35.5. The molecule has 1 fully saturated rings. The molecule has 0 amide bonds. The van der Waals surface area contributed by atoms with E-state index in [1.165, 1.54) is 6.20 Å². The molecule has 0 atom stereocenters. The van der Waals surface area contributed by atoms with Crippen LogP contribution in [0.15, 0.2) is 6.20 Å². The van der Waals surface area contributed by atoms with Crippen LogP contribution in [0.5, 0.6) is 0 Å². The summed E-state index contributed by atoms with van der Waals surface area (Å²) in [6.45, 7) is 7.17. The lowest BCUT2D eigenvalue weighted by Gasteiger charge is -2.31. The van der Waals surface area contributed by atoms with E-state index in [4.69, 9.17) is 11.6 Å². The Morgan fingerprint density at radius 1 is 1.45 bits per heavy atom. The minimum absolute atomic E-state index is 0.0256. The van der Waals surface area contributed by atoms with Gasteiger partial charge >= 0.3 is 5.97 Å². The minimum Gasteiger partial charge on any atom is -0.478 e. The lowest BCUT2D eigenvalue weighted by molar-refractivity contribution is 0.0697. The van der Waals surface area contributed by atoms with Crippen molar-refractivity contribution in [3.8, 4) is 0 Å². The molecule has 0 saturated carbocycles. The highest BCUT2D eigenvalue weighted by molar-refractivity contribution is 6.38. The van der Waals surface area contributed by atoms with Gasteiger partial charge in [-0.2, -0.15) is 5.10 Å². The van der Waals surface area contributed by atoms with Crippen LogP contribution in [0.4, 0.5) is 0 Å². The van der Waals surface area contributed by atoms with Gasteiger partial charge in [0, 0.05) is 19.3 Å². The number of carboxylic acids is 1. The number of hydrogen-bond donors (Lipinski definition) is 1. The fraction of sp³-hybridized carbons (Fsp3) is 0.533. The summed E-state index contributed by atoms with van der Waals surface area (Å²) < 4.78 is 1.93. The van der Waals surface area contributed by atoms with Crippen LogP contribution >= 0.6 is 11.6 Å². The van der Waals surface area contributed by atoms with E-state index < -0.39 is 5.97 Å². The molecule has 1 N–H and O–H groups in total. The summed E-state index contributed by atoms with van der Waals surface area (Å²) in [6, 6.07) is 0.290. The lowest BCUT2D eigenvalue weighted by atomic mass is 10.1. The van der Waals surface area contributed by atoms with Gasteiger partial charge < -0.3 is 10.0 Å². The number of pyridine rings is 1. The molecule has 2 aromatic rings. The maximum atomic E-state index is 11.2. The fourth-order valence-electron chi connectivity index (χ4n) is 3.12. The quantitative estimate of drug-likeness (QED) is 0.940. The average Bonchev–Trinajstić information content (AvgIpc) is 2.85. The summed E-state index contributed by atoms with van der Waals surface area (Å²) in [7, 11) is 0. The number of fused-ring (bicyclic) bond motifs is 1. The zero-order valence-electron chi connectivity index (χ0n) is 12.7. The first-order valence-electron chi connectivity index (χ1n) is 7.51. The number of likely N-dealkylation sites (tertiary alicyclic amines) is 1. The smallest absolute Gasteiger partial charge is 0.338 e. The highest BCUT2D eigenvalue weighted by Gasteiger charge is 2.25. The average molecular weight is 323 g/mol. The predicted molar refractivity (Wildman–Crippen MR) is 84.6 cm³/mol. The number of nitrogens with zero attached hydrogens (tertiary/aromatic N) is 4. The second-order valence-corrected chi connectivity index (χ2v) is 6.06. The Balaban J connectivity index is 2.02. The molecule has 6 nitrogen and oxygen atoms in total. The minimum atomic E-state index is -1.07. The van der Waals surface area contributed by atoms with Crippen LogP contribution in [-0.4, -0.2) is 50.4 Å². The molecule has 0 aliphatic carbocycles. The first-order chi connectivity index (χ1) is 10.5. The first kappa shape index (κ1) is 15.2. The number of hydrogen-bond acceptors (Lipinski definition) is 4. The van der Waals surface area contributed by atoms with Gasteiger partial charge in [0.1, 0.15) is 0 Å². The second kappa shape index (κ2) is 5.85. The molecule has 1 aliphatic heterocycles. The third kappa shape index (κ3) is 2.46. The molecule has 118 valence electrons. The number of aromatic carboxylic acids is 1. The number of piperidine rings is 1. The van der Waals surface area contributed by atoms with E-state index >= 15 is 0 Å². The van der Waals surface area contributed by atoms with Crippen LogP contribution in [0.2, 0.25) is 5.02 Å². The van der Waals surface area contributed by atoms with Crippen LogP contribution < -0.4 is 0 Å². The zero-order chi connectivity index (χ0) is 15.9. The maximum absolute atomic E-state index is 11.2. The molecule has 3 heterocycles. The standard InChI is InChI=1S/C15H19ClN4O2/c1-3-19-6-4-10(5-7-19)20-14-12(9(2)18-20)13(16)11(8-17-14)15(21)22/h8,10H,3-7H2,1-2H3,(H,21,22). The van der Waals surface area contributed by atoms with E-state index in [1.807, 2.05) is 11.6 Å². The summed E-state index contributed by atoms with van der Waals surface area (Å²) in [6.07, 6.45) is 3.36. The number of aromatic nitrogens is 3. The largest absolute Gasteiger partial charge is 0.478 e. The van der Waals surface area contributed by atoms with Gasteiger partial charge in [0.2, 0.25) is 0 Å². The number of halogens is 1. The van der Waals surface area contributed by atoms with Crippen molar-refractivity contribution in [2.24, 2.45) is 0 Å². The summed E-state index contributed by atoms with van der Waals surface area (Å²) in [5.74, 6) is -1.07. The molecule has 1 aliphatic rings. The van der Waals surface area contributed by atoms with Crippen molar-refractivity contribution in [1.82, 2.24) is 19.7 Å². The van der Waals surface area contributed by atoms with Crippen LogP contribution in [0.25, 0.3) is 11.0 Å². The molecule has 22 heavy (non-hydrogen) atoms. The zero-order valence-corrected chi connectivity index (χ0v) is 13.5. The Morgan fingerprint density at radius 2 is 2.14 bits per heavy atom. The molecule has 0 spiro atoms. The van der Waals surface area contributed by atoms with Crippen LogP contribution in [0.3, 0.4) is 0 Å². The summed E-state index contributed by atoms with van der Waals surface area (Å²) in [5.41, 5.74) is 1.44. The Hall–Kier alpha value is -1.66. The predicted octanol–water partition coefficient (Wildman–Crippen LogP) is 2.75. The van der Waals surface area contributed by atoms with Gasteiger partial charge in [0.05, 0.1) is 27.7 Å². The lowest BCUT2D eigenvalue weighted by Crippen LogP contribution is -2.34. The Bertz CT molecular complexity index is 720. The molecular weight excluding hydrogens is 304 g/mol. The molecule has 0 aromatic carbocycles. The third-order valence-corrected chi connectivity index (χ3v) is 4.81. The van der Waals surface area contributed by atoms with E-state index in [1.54, 1.807) is 0 Å². The SMILES string of the molecule is CCN1CCC(n2nc(C)c3c(Cl)c(C(=O)O)cnc32)CC1. The molecule has 2 aromatic heterocycles. The van der Waals surface area contributed by atoms with Crippen molar-refractivity contribution in [3.05, 3.63) is 22.5 Å². The maximum Gasteiger partial charge on any atom is 0.338 e. The highest BCUT2D eigenvalue weighted by Crippen LogP contribution is 2.32. The summed E-state index contributed by atoms with van der Waals surface area (Å²) in [4.78, 5) is 17.9. The first-order valence-corrected chi connectivity index (χ1v) is 7.89. The Kier molecular flexibility index (Phi) is 4.06. The van der Waals surface area contributed by atoms with E-state index in [0.717, 1.165) is 38.2 Å². The fourth-order valence-corrected chi connectivity index (χ4v) is 3.47. The summed E-state index contributed by atoms with van der Waals surface area (Å²) in [5, 5.41) is 14.6. The monoisotopic (exact) mass is 322 g/mol. The van der Waals surface area contributed by atoms with Gasteiger partial charge in [-0.05, 0) is 26.3 Å². The van der Waals surface area contributed by atoms with Crippen molar-refractivity contribution >= 4 is 28.6 Å². The van der Waals surface area contributed by atoms with Gasteiger partial charge in [0.25, 0.3) is 0 Å². The number of aryl methyl sites for hydroxylation is 1. The Labute approximate surface area is 133 Å². The van der Waals surface area contributed by atoms with Crippen LogP contribution in [-0.2, 0) is 0 Å². The van der Waals surface area contributed by atoms with E-state index in [2.05, 4.69) is 21.9 Å². The topological polar surface area (TPSA) is 71.2 Å². The van der Waals surface area contributed by atoms with Crippen molar-refractivity contribution in [3.63, 3.8) is 0 Å². The van der Waals surface area contributed by atoms with Crippen molar-refractivity contribution in [2.45, 2.75) is 32.7 Å². The second-order valence-electron chi connectivity index (χ2n) is 5.69. The van der Waals surface area contributed by atoms with E-state index in [9.17, 15) is 9.90 Å².